The third kappa shape index (κ3) is 6.26. The van der Waals surface area contributed by atoms with Crippen molar-refractivity contribution in [2.24, 2.45) is 4.99 Å². The van der Waals surface area contributed by atoms with Gasteiger partial charge in [-0.05, 0) is 26.0 Å². The van der Waals surface area contributed by atoms with Gasteiger partial charge in [0.05, 0.1) is 12.1 Å². The zero-order valence-corrected chi connectivity index (χ0v) is 13.4. The number of hydrogen-bond acceptors (Lipinski definition) is 3. The highest BCUT2D eigenvalue weighted by molar-refractivity contribution is 5.79. The molecule has 1 rings (SSSR count). The monoisotopic (exact) mass is 315 g/mol. The summed E-state index contributed by atoms with van der Waals surface area (Å²) in [6, 6.07) is 3.20. The van der Waals surface area contributed by atoms with Gasteiger partial charge in [0, 0.05) is 26.8 Å². The van der Waals surface area contributed by atoms with E-state index in [1.165, 1.54) is 6.07 Å². The zero-order chi connectivity index (χ0) is 16.6. The van der Waals surface area contributed by atoms with Crippen LogP contribution in [0.25, 0.3) is 0 Å². The van der Waals surface area contributed by atoms with E-state index in [9.17, 15) is 8.78 Å². The summed E-state index contributed by atoms with van der Waals surface area (Å²) in [4.78, 5) is 4.06. The van der Waals surface area contributed by atoms with Crippen LogP contribution in [0, 0.1) is 11.6 Å². The minimum Gasteiger partial charge on any atom is -0.489 e. The average Bonchev–Trinajstić information content (AvgIpc) is 2.48. The first-order chi connectivity index (χ1) is 10.4. The van der Waals surface area contributed by atoms with E-state index in [1.807, 2.05) is 13.8 Å². The Labute approximate surface area is 129 Å². The predicted octanol–water partition coefficient (Wildman–Crippen LogP) is 1.93. The van der Waals surface area contributed by atoms with Crippen LogP contribution in [-0.4, -0.2) is 45.4 Å². The van der Waals surface area contributed by atoms with Crippen molar-refractivity contribution in [3.05, 3.63) is 29.8 Å². The lowest BCUT2D eigenvalue weighted by Gasteiger charge is -2.24. The molecule has 0 amide bonds. The molecule has 0 saturated heterocycles. The highest BCUT2D eigenvalue weighted by atomic mass is 19.1. The Bertz CT molecular complexity index is 508. The number of halogens is 2. The molecule has 0 aromatic heterocycles. The molecule has 0 aliphatic rings. The van der Waals surface area contributed by atoms with Crippen LogP contribution >= 0.6 is 0 Å². The molecule has 0 unspecified atom stereocenters. The normalized spacial score (nSPS) is 12.2. The van der Waals surface area contributed by atoms with E-state index in [1.54, 1.807) is 14.2 Å². The maximum absolute atomic E-state index is 13.4. The lowest BCUT2D eigenvalue weighted by Crippen LogP contribution is -2.46. The van der Waals surface area contributed by atoms with E-state index in [2.05, 4.69) is 15.6 Å². The molecule has 2 N–H and O–H groups in total. The van der Waals surface area contributed by atoms with Crippen LogP contribution in [0.3, 0.4) is 0 Å². The van der Waals surface area contributed by atoms with E-state index >= 15 is 0 Å². The fourth-order valence-corrected chi connectivity index (χ4v) is 1.51. The van der Waals surface area contributed by atoms with Crippen LogP contribution in [0.5, 0.6) is 5.75 Å². The number of benzene rings is 1. The standard InChI is InChI=1S/C15H23F2N3O2/c1-15(2,21-4)10-20-14(18-3)19-7-8-22-13-6-5-11(16)9-12(13)17/h5-6,9H,7-8,10H2,1-4H3,(H2,18,19,20). The summed E-state index contributed by atoms with van der Waals surface area (Å²) >= 11 is 0. The highest BCUT2D eigenvalue weighted by Gasteiger charge is 2.16. The summed E-state index contributed by atoms with van der Waals surface area (Å²) in [5.74, 6) is -0.738. The maximum Gasteiger partial charge on any atom is 0.191 e. The molecular formula is C15H23F2N3O2. The molecule has 0 heterocycles. The van der Waals surface area contributed by atoms with Crippen LogP contribution in [0.1, 0.15) is 13.8 Å². The Hall–Kier alpha value is -1.89. The molecule has 0 spiro atoms. The van der Waals surface area contributed by atoms with Crippen molar-refractivity contribution in [1.29, 1.82) is 0 Å². The maximum atomic E-state index is 13.4. The molecule has 22 heavy (non-hydrogen) atoms. The second-order valence-corrected chi connectivity index (χ2v) is 5.24. The Kier molecular flexibility index (Phi) is 7.04. The van der Waals surface area contributed by atoms with Gasteiger partial charge in [-0.2, -0.15) is 0 Å². The topological polar surface area (TPSA) is 54.9 Å². The van der Waals surface area contributed by atoms with Gasteiger partial charge in [0.25, 0.3) is 0 Å². The molecule has 1 aromatic rings. The quantitative estimate of drug-likeness (QED) is 0.459. The van der Waals surface area contributed by atoms with Gasteiger partial charge in [-0.25, -0.2) is 8.78 Å². The van der Waals surface area contributed by atoms with Crippen LogP contribution in [0.2, 0.25) is 0 Å². The van der Waals surface area contributed by atoms with E-state index in [0.717, 1.165) is 12.1 Å². The van der Waals surface area contributed by atoms with Crippen molar-refractivity contribution in [2.75, 3.05) is 33.9 Å². The third-order valence-electron chi connectivity index (χ3n) is 3.00. The molecule has 7 heteroatoms. The van der Waals surface area contributed by atoms with Gasteiger partial charge in [-0.1, -0.05) is 0 Å². The lowest BCUT2D eigenvalue weighted by atomic mass is 10.1. The van der Waals surface area contributed by atoms with E-state index in [4.69, 9.17) is 9.47 Å². The fourth-order valence-electron chi connectivity index (χ4n) is 1.51. The first kappa shape index (κ1) is 18.2. The van der Waals surface area contributed by atoms with Gasteiger partial charge < -0.3 is 20.1 Å². The molecule has 124 valence electrons. The first-order valence-corrected chi connectivity index (χ1v) is 6.95. The van der Waals surface area contributed by atoms with E-state index in [-0.39, 0.29) is 18.0 Å². The number of guanidine groups is 1. The molecule has 0 atom stereocenters. The summed E-state index contributed by atoms with van der Waals surface area (Å²) in [5, 5.41) is 6.14. The molecule has 0 radical (unpaired) electrons. The Morgan fingerprint density at radius 1 is 1.27 bits per heavy atom. The van der Waals surface area contributed by atoms with Crippen molar-refractivity contribution >= 4 is 5.96 Å². The number of hydrogen-bond donors (Lipinski definition) is 2. The van der Waals surface area contributed by atoms with Gasteiger partial charge in [-0.3, -0.25) is 4.99 Å². The van der Waals surface area contributed by atoms with Gasteiger partial charge in [0.1, 0.15) is 12.4 Å². The SMILES string of the molecule is CN=C(NCCOc1ccc(F)cc1F)NCC(C)(C)OC. The van der Waals surface area contributed by atoms with Crippen molar-refractivity contribution in [1.82, 2.24) is 10.6 Å². The number of methoxy groups -OCH3 is 1. The molecule has 0 aliphatic carbocycles. The van der Waals surface area contributed by atoms with Crippen LogP contribution in [0.4, 0.5) is 8.78 Å². The lowest BCUT2D eigenvalue weighted by molar-refractivity contribution is 0.0268. The largest absolute Gasteiger partial charge is 0.489 e. The summed E-state index contributed by atoms with van der Waals surface area (Å²) in [5.41, 5.74) is -0.314. The number of nitrogens with zero attached hydrogens (tertiary/aromatic N) is 1. The molecular weight excluding hydrogens is 292 g/mol. The number of rotatable bonds is 7. The fraction of sp³-hybridized carbons (Fsp3) is 0.533. The summed E-state index contributed by atoms with van der Waals surface area (Å²) in [6.07, 6.45) is 0. The van der Waals surface area contributed by atoms with Crippen LogP contribution in [0.15, 0.2) is 23.2 Å². The second-order valence-electron chi connectivity index (χ2n) is 5.24. The van der Waals surface area contributed by atoms with Crippen molar-refractivity contribution in [3.8, 4) is 5.75 Å². The summed E-state index contributed by atoms with van der Waals surface area (Å²) < 4.78 is 36.7. The Balaban J connectivity index is 2.33. The summed E-state index contributed by atoms with van der Waals surface area (Å²) in [7, 11) is 3.29. The minimum atomic E-state index is -0.718. The molecule has 5 nitrogen and oxygen atoms in total. The van der Waals surface area contributed by atoms with E-state index < -0.39 is 11.6 Å². The third-order valence-corrected chi connectivity index (χ3v) is 3.00. The molecule has 0 fully saturated rings. The average molecular weight is 315 g/mol. The Morgan fingerprint density at radius 3 is 2.59 bits per heavy atom. The first-order valence-electron chi connectivity index (χ1n) is 6.95. The van der Waals surface area contributed by atoms with E-state index in [0.29, 0.717) is 19.0 Å². The molecule has 1 aromatic carbocycles. The molecule has 0 aliphatic heterocycles. The number of aliphatic imine (C=N–C) groups is 1. The van der Waals surface area contributed by atoms with Crippen LogP contribution in [-0.2, 0) is 4.74 Å². The number of ether oxygens (including phenoxy) is 2. The van der Waals surface area contributed by atoms with Gasteiger partial charge in [0.2, 0.25) is 0 Å². The minimum absolute atomic E-state index is 0.0201. The number of nitrogens with one attached hydrogen (secondary N) is 2. The van der Waals surface area contributed by atoms with Gasteiger partial charge in [0.15, 0.2) is 17.5 Å². The highest BCUT2D eigenvalue weighted by Crippen LogP contribution is 2.17. The molecule has 0 saturated carbocycles. The van der Waals surface area contributed by atoms with Gasteiger partial charge in [-0.15, -0.1) is 0 Å². The van der Waals surface area contributed by atoms with Crippen molar-refractivity contribution < 1.29 is 18.3 Å². The second kappa shape index (κ2) is 8.53. The smallest absolute Gasteiger partial charge is 0.191 e. The zero-order valence-electron chi connectivity index (χ0n) is 13.4. The Morgan fingerprint density at radius 2 is 2.00 bits per heavy atom. The van der Waals surface area contributed by atoms with Gasteiger partial charge >= 0.3 is 0 Å². The summed E-state index contributed by atoms with van der Waals surface area (Å²) in [6.45, 7) is 5.12. The van der Waals surface area contributed by atoms with Crippen LogP contribution < -0.4 is 15.4 Å². The predicted molar refractivity (Wildman–Crippen MR) is 82.3 cm³/mol. The molecule has 0 bridgehead atoms. The van der Waals surface area contributed by atoms with Crippen molar-refractivity contribution in [3.63, 3.8) is 0 Å². The van der Waals surface area contributed by atoms with Crippen molar-refractivity contribution in [2.45, 2.75) is 19.4 Å².